The molecule has 1 aromatic carbocycles. The molecule has 0 aliphatic heterocycles. The summed E-state index contributed by atoms with van der Waals surface area (Å²) in [5.41, 5.74) is 1.84. The number of amides is 1. The molecule has 0 bridgehead atoms. The van der Waals surface area contributed by atoms with E-state index in [1.807, 2.05) is 30.3 Å². The number of nitrogens with one attached hydrogen (secondary N) is 1. The van der Waals surface area contributed by atoms with Gasteiger partial charge in [-0.2, -0.15) is 0 Å². The summed E-state index contributed by atoms with van der Waals surface area (Å²) < 4.78 is 0. The summed E-state index contributed by atoms with van der Waals surface area (Å²) >= 11 is 1.62. The molecule has 0 saturated carbocycles. The van der Waals surface area contributed by atoms with E-state index in [-0.39, 0.29) is 5.91 Å². The lowest BCUT2D eigenvalue weighted by molar-refractivity contribution is 0.102. The molecule has 1 N–H and O–H groups in total. The minimum atomic E-state index is -0.0836. The number of carbonyl (C=O) groups is 1. The normalized spacial score (nSPS) is 17.8. The first-order valence-corrected chi connectivity index (χ1v) is 7.39. The minimum absolute atomic E-state index is 0.0836. The van der Waals surface area contributed by atoms with E-state index in [2.05, 4.69) is 17.2 Å². The number of hydrogen-bond acceptors (Lipinski definition) is 3. The van der Waals surface area contributed by atoms with Gasteiger partial charge in [0.1, 0.15) is 0 Å². The fourth-order valence-corrected chi connectivity index (χ4v) is 3.52. The lowest BCUT2D eigenvalue weighted by Crippen LogP contribution is -2.11. The van der Waals surface area contributed by atoms with Crippen molar-refractivity contribution in [1.82, 2.24) is 4.98 Å². The largest absolute Gasteiger partial charge is 0.298 e. The van der Waals surface area contributed by atoms with E-state index in [9.17, 15) is 4.79 Å². The maximum atomic E-state index is 12.0. The van der Waals surface area contributed by atoms with Gasteiger partial charge in [0.2, 0.25) is 0 Å². The monoisotopic (exact) mass is 272 g/mol. The molecule has 0 unspecified atom stereocenters. The van der Waals surface area contributed by atoms with E-state index < -0.39 is 0 Å². The van der Waals surface area contributed by atoms with Crippen LogP contribution in [0.2, 0.25) is 0 Å². The van der Waals surface area contributed by atoms with Crippen LogP contribution in [0, 0.1) is 5.92 Å². The zero-order valence-electron chi connectivity index (χ0n) is 10.8. The van der Waals surface area contributed by atoms with E-state index >= 15 is 0 Å². The summed E-state index contributed by atoms with van der Waals surface area (Å²) in [6, 6.07) is 9.25. The number of carbonyl (C=O) groups excluding carboxylic acids is 1. The van der Waals surface area contributed by atoms with Gasteiger partial charge in [0.25, 0.3) is 5.91 Å². The first-order valence-electron chi connectivity index (χ1n) is 6.57. The summed E-state index contributed by atoms with van der Waals surface area (Å²) in [6.45, 7) is 2.27. The predicted molar refractivity (Wildman–Crippen MR) is 77.7 cm³/mol. The SMILES string of the molecule is C[C@@H]1CCc2nc(NC(=O)c3ccccc3)sc2C1. The van der Waals surface area contributed by atoms with Crippen molar-refractivity contribution in [2.45, 2.75) is 26.2 Å². The van der Waals surface area contributed by atoms with Gasteiger partial charge in [-0.1, -0.05) is 25.1 Å². The topological polar surface area (TPSA) is 42.0 Å². The van der Waals surface area contributed by atoms with Crippen molar-refractivity contribution in [3.05, 3.63) is 46.5 Å². The highest BCUT2D eigenvalue weighted by Gasteiger charge is 2.20. The number of aromatic nitrogens is 1. The Balaban J connectivity index is 1.76. The third-order valence-corrected chi connectivity index (χ3v) is 4.48. The first kappa shape index (κ1) is 12.4. The van der Waals surface area contributed by atoms with E-state index in [0.29, 0.717) is 5.56 Å². The number of thiazole rings is 1. The van der Waals surface area contributed by atoms with E-state index in [4.69, 9.17) is 0 Å². The number of aryl methyl sites for hydroxylation is 1. The van der Waals surface area contributed by atoms with Crippen LogP contribution in [-0.4, -0.2) is 10.9 Å². The number of anilines is 1. The number of rotatable bonds is 2. The Hall–Kier alpha value is -1.68. The second-order valence-corrected chi connectivity index (χ2v) is 6.14. The van der Waals surface area contributed by atoms with E-state index in [1.165, 1.54) is 17.0 Å². The number of nitrogens with zero attached hydrogens (tertiary/aromatic N) is 1. The highest BCUT2D eigenvalue weighted by Crippen LogP contribution is 2.32. The van der Waals surface area contributed by atoms with Crippen LogP contribution in [0.1, 0.15) is 34.3 Å². The Labute approximate surface area is 116 Å². The molecular weight excluding hydrogens is 256 g/mol. The average Bonchev–Trinajstić information content (AvgIpc) is 2.81. The molecule has 1 aliphatic carbocycles. The van der Waals surface area contributed by atoms with Crippen LogP contribution in [0.5, 0.6) is 0 Å². The highest BCUT2D eigenvalue weighted by molar-refractivity contribution is 7.15. The van der Waals surface area contributed by atoms with E-state index in [1.54, 1.807) is 11.3 Å². The van der Waals surface area contributed by atoms with Crippen LogP contribution in [0.25, 0.3) is 0 Å². The summed E-state index contributed by atoms with van der Waals surface area (Å²) in [7, 11) is 0. The van der Waals surface area contributed by atoms with Gasteiger partial charge in [-0.05, 0) is 37.3 Å². The van der Waals surface area contributed by atoms with Crippen LogP contribution in [-0.2, 0) is 12.8 Å². The molecule has 1 heterocycles. The molecule has 98 valence electrons. The maximum Gasteiger partial charge on any atom is 0.257 e. The van der Waals surface area contributed by atoms with Gasteiger partial charge in [0.05, 0.1) is 5.69 Å². The van der Waals surface area contributed by atoms with Gasteiger partial charge in [0, 0.05) is 10.4 Å². The van der Waals surface area contributed by atoms with E-state index in [0.717, 1.165) is 23.9 Å². The molecule has 4 heteroatoms. The highest BCUT2D eigenvalue weighted by atomic mass is 32.1. The van der Waals surface area contributed by atoms with Crippen LogP contribution >= 0.6 is 11.3 Å². The van der Waals surface area contributed by atoms with Crippen molar-refractivity contribution < 1.29 is 4.79 Å². The first-order chi connectivity index (χ1) is 9.22. The predicted octanol–water partition coefficient (Wildman–Crippen LogP) is 3.52. The second-order valence-electron chi connectivity index (χ2n) is 5.06. The molecule has 19 heavy (non-hydrogen) atoms. The number of fused-ring (bicyclic) bond motifs is 1. The Morgan fingerprint density at radius 2 is 2.16 bits per heavy atom. The second kappa shape index (κ2) is 5.13. The van der Waals surface area contributed by atoms with Gasteiger partial charge in [-0.15, -0.1) is 11.3 Å². The fourth-order valence-electron chi connectivity index (χ4n) is 2.35. The number of hydrogen-bond donors (Lipinski definition) is 1. The molecule has 3 rings (SSSR count). The van der Waals surface area contributed by atoms with Crippen LogP contribution in [0.3, 0.4) is 0 Å². The molecule has 1 amide bonds. The molecule has 0 radical (unpaired) electrons. The molecule has 3 nitrogen and oxygen atoms in total. The van der Waals surface area contributed by atoms with Crippen molar-refractivity contribution in [3.8, 4) is 0 Å². The van der Waals surface area contributed by atoms with Crippen molar-refractivity contribution in [3.63, 3.8) is 0 Å². The maximum absolute atomic E-state index is 12.0. The third kappa shape index (κ3) is 2.68. The van der Waals surface area contributed by atoms with Gasteiger partial charge in [-0.25, -0.2) is 4.98 Å². The Morgan fingerprint density at radius 1 is 1.37 bits per heavy atom. The lowest BCUT2D eigenvalue weighted by Gasteiger charge is -2.15. The Morgan fingerprint density at radius 3 is 2.95 bits per heavy atom. The molecule has 0 saturated heterocycles. The van der Waals surface area contributed by atoms with Crippen LogP contribution in [0.4, 0.5) is 5.13 Å². The smallest absolute Gasteiger partial charge is 0.257 e. The quantitative estimate of drug-likeness (QED) is 0.909. The number of benzene rings is 1. The zero-order chi connectivity index (χ0) is 13.2. The van der Waals surface area contributed by atoms with Crippen molar-refractivity contribution >= 4 is 22.4 Å². The fraction of sp³-hybridized carbons (Fsp3) is 0.333. The van der Waals surface area contributed by atoms with Gasteiger partial charge in [0.15, 0.2) is 5.13 Å². The average molecular weight is 272 g/mol. The zero-order valence-corrected chi connectivity index (χ0v) is 11.7. The van der Waals surface area contributed by atoms with Crippen molar-refractivity contribution in [1.29, 1.82) is 0 Å². The van der Waals surface area contributed by atoms with Gasteiger partial charge >= 0.3 is 0 Å². The molecule has 1 aliphatic rings. The molecule has 1 aromatic heterocycles. The Kier molecular flexibility index (Phi) is 3.34. The molecule has 1 atom stereocenters. The van der Waals surface area contributed by atoms with Crippen molar-refractivity contribution in [2.24, 2.45) is 5.92 Å². The molecule has 0 fully saturated rings. The summed E-state index contributed by atoms with van der Waals surface area (Å²) in [6.07, 6.45) is 3.32. The van der Waals surface area contributed by atoms with Gasteiger partial charge in [-0.3, -0.25) is 10.1 Å². The van der Waals surface area contributed by atoms with Crippen LogP contribution in [0.15, 0.2) is 30.3 Å². The summed E-state index contributed by atoms with van der Waals surface area (Å²) in [5, 5.41) is 3.63. The van der Waals surface area contributed by atoms with Gasteiger partial charge < -0.3 is 0 Å². The molecule has 2 aromatic rings. The Bertz CT molecular complexity index is 591. The van der Waals surface area contributed by atoms with Crippen LogP contribution < -0.4 is 5.32 Å². The minimum Gasteiger partial charge on any atom is -0.298 e. The molecular formula is C15H16N2OS. The summed E-state index contributed by atoms with van der Waals surface area (Å²) in [5.74, 6) is 0.644. The van der Waals surface area contributed by atoms with Crippen molar-refractivity contribution in [2.75, 3.05) is 5.32 Å². The molecule has 0 spiro atoms. The standard InChI is InChI=1S/C15H16N2OS/c1-10-7-8-12-13(9-10)19-15(16-12)17-14(18)11-5-3-2-4-6-11/h2-6,10H,7-9H2,1H3,(H,16,17,18)/t10-/m1/s1. The lowest BCUT2D eigenvalue weighted by atomic mass is 9.93. The third-order valence-electron chi connectivity index (χ3n) is 3.44. The summed E-state index contributed by atoms with van der Waals surface area (Å²) in [4.78, 5) is 17.9.